The summed E-state index contributed by atoms with van der Waals surface area (Å²) in [7, 11) is -2.77. The molecule has 1 unspecified atom stereocenters. The summed E-state index contributed by atoms with van der Waals surface area (Å²) in [6.45, 7) is 0. The fourth-order valence-corrected chi connectivity index (χ4v) is 6.52. The van der Waals surface area contributed by atoms with Crippen LogP contribution in [0.25, 0.3) is 0 Å². The first kappa shape index (κ1) is 13.7. The van der Waals surface area contributed by atoms with E-state index >= 15 is 0 Å². The topological polar surface area (TPSA) is 85.2 Å². The summed E-state index contributed by atoms with van der Waals surface area (Å²) in [6.07, 6.45) is 5.18. The van der Waals surface area contributed by atoms with E-state index < -0.39 is 25.1 Å². The molecule has 5 aliphatic rings. The average molecular weight is 304 g/mol. The third kappa shape index (κ3) is 1.61. The van der Waals surface area contributed by atoms with Crippen LogP contribution in [0.5, 0.6) is 0 Å². The Balaban J connectivity index is 1.71. The SMILES string of the molecule is COC1(CP(=O)(O)O)OOC12C1CC3CC(C1)CC2C3. The summed E-state index contributed by atoms with van der Waals surface area (Å²) in [6, 6.07) is 0. The zero-order valence-corrected chi connectivity index (χ0v) is 12.4. The van der Waals surface area contributed by atoms with Crippen LogP contribution >= 0.6 is 7.60 Å². The first-order valence-corrected chi connectivity index (χ1v) is 9.15. The second kappa shape index (κ2) is 4.06. The van der Waals surface area contributed by atoms with Gasteiger partial charge < -0.3 is 14.5 Å². The Morgan fingerprint density at radius 2 is 1.65 bits per heavy atom. The Hall–Kier alpha value is 0.0300. The molecule has 20 heavy (non-hydrogen) atoms. The van der Waals surface area contributed by atoms with Crippen LogP contribution in [-0.4, -0.2) is 34.4 Å². The highest BCUT2D eigenvalue weighted by atomic mass is 31.2. The monoisotopic (exact) mass is 304 g/mol. The lowest BCUT2D eigenvalue weighted by atomic mass is 9.47. The van der Waals surface area contributed by atoms with Gasteiger partial charge in [0.05, 0.1) is 0 Å². The van der Waals surface area contributed by atoms with Crippen LogP contribution in [0, 0.1) is 23.7 Å². The largest absolute Gasteiger partial charge is 0.348 e. The van der Waals surface area contributed by atoms with Gasteiger partial charge in [0.25, 0.3) is 0 Å². The fraction of sp³-hybridized carbons (Fsp3) is 1.00. The fourth-order valence-electron chi connectivity index (χ4n) is 5.55. The molecule has 4 aliphatic carbocycles. The Kier molecular flexibility index (Phi) is 2.78. The molecule has 0 radical (unpaired) electrons. The number of rotatable bonds is 3. The van der Waals surface area contributed by atoms with Gasteiger partial charge in [-0.25, -0.2) is 4.89 Å². The van der Waals surface area contributed by atoms with E-state index in [0.717, 1.165) is 37.5 Å². The van der Waals surface area contributed by atoms with Gasteiger partial charge in [-0.1, -0.05) is 0 Å². The zero-order chi connectivity index (χ0) is 14.2. The van der Waals surface area contributed by atoms with Gasteiger partial charge in [0, 0.05) is 7.11 Å². The highest BCUT2D eigenvalue weighted by molar-refractivity contribution is 7.51. The molecule has 5 fully saturated rings. The smallest absolute Gasteiger partial charge is 0.331 e. The Morgan fingerprint density at radius 3 is 2.00 bits per heavy atom. The number of methoxy groups -OCH3 is 1. The average Bonchev–Trinajstić information content (AvgIpc) is 2.32. The Labute approximate surface area is 117 Å². The van der Waals surface area contributed by atoms with Crippen molar-refractivity contribution in [3.8, 4) is 0 Å². The maximum absolute atomic E-state index is 11.5. The molecule has 0 aromatic rings. The molecule has 6 nitrogen and oxygen atoms in total. The van der Waals surface area contributed by atoms with Crippen LogP contribution < -0.4 is 0 Å². The predicted molar refractivity (Wildman–Crippen MR) is 68.6 cm³/mol. The minimum absolute atomic E-state index is 0.305. The first-order valence-electron chi connectivity index (χ1n) is 7.35. The number of hydrogen-bond donors (Lipinski definition) is 2. The van der Waals surface area contributed by atoms with Crippen molar-refractivity contribution in [3.63, 3.8) is 0 Å². The Bertz CT molecular complexity index is 441. The third-order valence-corrected chi connectivity index (χ3v) is 6.83. The quantitative estimate of drug-likeness (QED) is 0.609. The van der Waals surface area contributed by atoms with E-state index in [4.69, 9.17) is 14.5 Å². The van der Waals surface area contributed by atoms with Crippen molar-refractivity contribution in [2.75, 3.05) is 13.3 Å². The molecule has 0 amide bonds. The molecule has 1 aliphatic heterocycles. The molecular weight excluding hydrogens is 283 g/mol. The van der Waals surface area contributed by atoms with Crippen LogP contribution in [0.15, 0.2) is 0 Å². The minimum Gasteiger partial charge on any atom is -0.348 e. The van der Waals surface area contributed by atoms with Crippen LogP contribution in [-0.2, 0) is 19.1 Å². The molecule has 2 N–H and O–H groups in total. The molecule has 0 aromatic carbocycles. The van der Waals surface area contributed by atoms with Crippen LogP contribution in [0.4, 0.5) is 0 Å². The predicted octanol–water partition coefficient (Wildman–Crippen LogP) is 1.66. The standard InChI is InChI=1S/C13H21O6P/c1-17-12(7-20(14,15)16)13(19-18-12)10-3-8-2-9(5-10)6-11(13)4-8/h8-11H,2-7H2,1H3,(H2,14,15,16). The van der Waals surface area contributed by atoms with Gasteiger partial charge in [0.15, 0.2) is 5.60 Å². The van der Waals surface area contributed by atoms with Crippen molar-refractivity contribution in [2.45, 2.75) is 43.5 Å². The van der Waals surface area contributed by atoms with E-state index in [2.05, 4.69) is 0 Å². The van der Waals surface area contributed by atoms with Gasteiger partial charge in [0.2, 0.25) is 5.79 Å². The minimum atomic E-state index is -4.24. The molecule has 1 heterocycles. The van der Waals surface area contributed by atoms with Gasteiger partial charge >= 0.3 is 7.60 Å². The number of hydrogen-bond acceptors (Lipinski definition) is 4. The molecule has 4 bridgehead atoms. The summed E-state index contributed by atoms with van der Waals surface area (Å²) in [4.78, 5) is 29.6. The van der Waals surface area contributed by atoms with Crippen LogP contribution in [0.3, 0.4) is 0 Å². The molecular formula is C13H21O6P. The summed E-state index contributed by atoms with van der Waals surface area (Å²) in [5.41, 5.74) is -0.643. The lowest BCUT2D eigenvalue weighted by Gasteiger charge is -2.68. The zero-order valence-electron chi connectivity index (χ0n) is 11.5. The van der Waals surface area contributed by atoms with Crippen LogP contribution in [0.1, 0.15) is 32.1 Å². The van der Waals surface area contributed by atoms with Crippen molar-refractivity contribution in [1.82, 2.24) is 0 Å². The summed E-state index contributed by atoms with van der Waals surface area (Å²) >= 11 is 0. The maximum atomic E-state index is 11.5. The van der Waals surface area contributed by atoms with E-state index in [9.17, 15) is 14.4 Å². The van der Waals surface area contributed by atoms with Gasteiger partial charge in [-0.2, -0.15) is 4.89 Å². The molecule has 5 rings (SSSR count). The van der Waals surface area contributed by atoms with Crippen molar-refractivity contribution in [1.29, 1.82) is 0 Å². The Morgan fingerprint density at radius 1 is 1.10 bits per heavy atom. The summed E-state index contributed by atoms with van der Waals surface area (Å²) in [5.74, 6) is 0.834. The molecule has 1 spiro atoms. The van der Waals surface area contributed by atoms with Gasteiger partial charge in [-0.3, -0.25) is 4.57 Å². The summed E-state index contributed by atoms with van der Waals surface area (Å²) in [5, 5.41) is 0. The van der Waals surface area contributed by atoms with Gasteiger partial charge in [-0.05, 0) is 55.8 Å². The highest BCUT2D eigenvalue weighted by Gasteiger charge is 2.76. The van der Waals surface area contributed by atoms with E-state index in [-0.39, 0.29) is 0 Å². The van der Waals surface area contributed by atoms with Crippen molar-refractivity contribution in [2.24, 2.45) is 23.7 Å². The molecule has 1 atom stereocenters. The molecule has 4 saturated carbocycles. The van der Waals surface area contributed by atoms with E-state index in [1.165, 1.54) is 13.5 Å². The summed E-state index contributed by atoms with van der Waals surface area (Å²) < 4.78 is 17.0. The second-order valence-electron chi connectivity index (χ2n) is 7.04. The third-order valence-electron chi connectivity index (χ3n) is 6.00. The maximum Gasteiger partial charge on any atom is 0.331 e. The van der Waals surface area contributed by atoms with Gasteiger partial charge in [-0.15, -0.1) is 0 Å². The molecule has 0 aromatic heterocycles. The second-order valence-corrected chi connectivity index (χ2v) is 8.69. The lowest BCUT2D eigenvalue weighted by molar-refractivity contribution is -0.629. The van der Waals surface area contributed by atoms with E-state index in [1.807, 2.05) is 0 Å². The molecule has 1 saturated heterocycles. The highest BCUT2D eigenvalue weighted by Crippen LogP contribution is 2.68. The van der Waals surface area contributed by atoms with Crippen molar-refractivity contribution < 1.29 is 28.9 Å². The first-order chi connectivity index (χ1) is 9.38. The molecule has 114 valence electrons. The van der Waals surface area contributed by atoms with Crippen LogP contribution in [0.2, 0.25) is 0 Å². The normalized spacial score (nSPS) is 53.4. The number of ether oxygens (including phenoxy) is 1. The van der Waals surface area contributed by atoms with Crippen molar-refractivity contribution in [3.05, 3.63) is 0 Å². The van der Waals surface area contributed by atoms with Crippen molar-refractivity contribution >= 4 is 7.60 Å². The van der Waals surface area contributed by atoms with E-state index in [0.29, 0.717) is 11.8 Å². The lowest BCUT2D eigenvalue weighted by Crippen LogP contribution is -2.79. The molecule has 7 heteroatoms. The van der Waals surface area contributed by atoms with E-state index in [1.54, 1.807) is 0 Å². The van der Waals surface area contributed by atoms with Gasteiger partial charge in [0.1, 0.15) is 6.16 Å².